The monoisotopic (exact) mass is 502 g/mol. The van der Waals surface area contributed by atoms with Gasteiger partial charge in [-0.2, -0.15) is 4.98 Å². The van der Waals surface area contributed by atoms with Crippen LogP contribution in [0.2, 0.25) is 0 Å². The highest BCUT2D eigenvalue weighted by Crippen LogP contribution is 2.37. The number of carbonyl (C=O) groups excluding carboxylic acids is 1. The highest BCUT2D eigenvalue weighted by atomic mass is 32.2. The first-order valence-electron chi connectivity index (χ1n) is 11.2. The van der Waals surface area contributed by atoms with Crippen LogP contribution in [0.25, 0.3) is 0 Å². The lowest BCUT2D eigenvalue weighted by molar-refractivity contribution is -0.113. The predicted octanol–water partition coefficient (Wildman–Crippen LogP) is 5.04. The van der Waals surface area contributed by atoms with E-state index >= 15 is 0 Å². The molecule has 0 bridgehead atoms. The summed E-state index contributed by atoms with van der Waals surface area (Å²) in [5.41, 5.74) is 3.09. The van der Waals surface area contributed by atoms with Gasteiger partial charge in [0, 0.05) is 23.8 Å². The lowest BCUT2D eigenvalue weighted by Gasteiger charge is -2.28. The van der Waals surface area contributed by atoms with Crippen LogP contribution >= 0.6 is 11.8 Å². The van der Waals surface area contributed by atoms with Crippen LogP contribution in [0.4, 0.5) is 16.0 Å². The number of fused-ring (bicyclic) bond motifs is 1. The second-order valence-electron chi connectivity index (χ2n) is 8.04. The molecule has 0 fully saturated rings. The number of benzene rings is 2. The van der Waals surface area contributed by atoms with E-state index in [-0.39, 0.29) is 11.7 Å². The molecule has 1 amide bonds. The third-order valence-corrected chi connectivity index (χ3v) is 6.66. The first kappa shape index (κ1) is 23.6. The number of aromatic nitrogens is 4. The van der Waals surface area contributed by atoms with Crippen LogP contribution in [0.15, 0.2) is 89.5 Å². The van der Waals surface area contributed by atoms with Crippen molar-refractivity contribution in [1.29, 1.82) is 0 Å². The van der Waals surface area contributed by atoms with Crippen molar-refractivity contribution in [3.63, 3.8) is 0 Å². The normalized spacial score (nSPS) is 14.7. The first-order chi connectivity index (χ1) is 17.5. The Kier molecular flexibility index (Phi) is 6.68. The summed E-state index contributed by atoms with van der Waals surface area (Å²) in [6, 6.07) is 17.0. The minimum Gasteiger partial charge on any atom is -0.495 e. The number of rotatable bonds is 7. The van der Waals surface area contributed by atoms with E-state index in [1.165, 1.54) is 17.8 Å². The van der Waals surface area contributed by atoms with Gasteiger partial charge in [0.2, 0.25) is 11.1 Å². The van der Waals surface area contributed by atoms with E-state index in [0.717, 1.165) is 5.56 Å². The molecule has 0 spiro atoms. The maximum absolute atomic E-state index is 14.1. The lowest BCUT2D eigenvalue weighted by atomic mass is 9.96. The number of halogens is 1. The molecule has 2 aromatic heterocycles. The van der Waals surface area contributed by atoms with Crippen LogP contribution < -0.4 is 15.4 Å². The van der Waals surface area contributed by atoms with Crippen LogP contribution in [0.1, 0.15) is 24.1 Å². The van der Waals surface area contributed by atoms with Crippen molar-refractivity contribution >= 4 is 29.3 Å². The Morgan fingerprint density at radius 2 is 1.89 bits per heavy atom. The maximum Gasteiger partial charge on any atom is 0.255 e. The molecule has 8 nitrogen and oxygen atoms in total. The number of anilines is 2. The number of hydrogen-bond acceptors (Lipinski definition) is 7. The van der Waals surface area contributed by atoms with Crippen LogP contribution in [0.5, 0.6) is 5.75 Å². The largest absolute Gasteiger partial charge is 0.495 e. The van der Waals surface area contributed by atoms with E-state index in [1.807, 2.05) is 31.2 Å². The van der Waals surface area contributed by atoms with Gasteiger partial charge in [-0.3, -0.25) is 9.78 Å². The molecule has 2 N–H and O–H groups in total. The molecule has 0 saturated heterocycles. The van der Waals surface area contributed by atoms with Gasteiger partial charge in [-0.15, -0.1) is 5.10 Å². The van der Waals surface area contributed by atoms with Gasteiger partial charge in [-0.05, 0) is 48.4 Å². The molecule has 5 rings (SSSR count). The summed E-state index contributed by atoms with van der Waals surface area (Å²) < 4.78 is 21.2. The zero-order valence-electron chi connectivity index (χ0n) is 19.6. The number of allylic oxidation sites excluding steroid dienone is 1. The highest BCUT2D eigenvalue weighted by Gasteiger charge is 2.34. The van der Waals surface area contributed by atoms with Gasteiger partial charge in [0.1, 0.15) is 17.6 Å². The van der Waals surface area contributed by atoms with Crippen LogP contribution in [0, 0.1) is 5.82 Å². The number of pyridine rings is 1. The summed E-state index contributed by atoms with van der Waals surface area (Å²) in [5.74, 6) is 0.868. The van der Waals surface area contributed by atoms with Crippen molar-refractivity contribution < 1.29 is 13.9 Å². The molecule has 182 valence electrons. The van der Waals surface area contributed by atoms with Crippen LogP contribution in [0.3, 0.4) is 0 Å². The van der Waals surface area contributed by atoms with Gasteiger partial charge >= 0.3 is 0 Å². The quantitative estimate of drug-likeness (QED) is 0.342. The zero-order chi connectivity index (χ0) is 25.1. The van der Waals surface area contributed by atoms with Crippen LogP contribution in [-0.4, -0.2) is 32.8 Å². The Hall–Kier alpha value is -4.18. The Balaban J connectivity index is 1.48. The van der Waals surface area contributed by atoms with Crippen LogP contribution in [-0.2, 0) is 10.5 Å². The standard InChI is InChI=1S/C26H23FN6O2S/c1-16-22(24(34)30-20-9-5-6-10-21(20)35-2)23(17-11-13-28-14-12-17)33-25(29-16)31-26(32-33)36-15-18-7-3-4-8-19(18)27/h3-14,23H,15H2,1-2H3,(H,30,34)(H,29,31,32). The molecule has 1 unspecified atom stereocenters. The fraction of sp³-hybridized carbons (Fsp3) is 0.154. The fourth-order valence-corrected chi connectivity index (χ4v) is 4.85. The van der Waals surface area contributed by atoms with E-state index in [2.05, 4.69) is 25.7 Å². The molecule has 0 aliphatic carbocycles. The minimum absolute atomic E-state index is 0.269. The summed E-state index contributed by atoms with van der Waals surface area (Å²) in [5, 5.41) is 11.3. The summed E-state index contributed by atoms with van der Waals surface area (Å²) in [6.45, 7) is 1.83. The first-order valence-corrected chi connectivity index (χ1v) is 12.2. The minimum atomic E-state index is -0.547. The van der Waals surface area contributed by atoms with E-state index in [9.17, 15) is 9.18 Å². The zero-order valence-corrected chi connectivity index (χ0v) is 20.4. The number of amides is 1. The number of nitrogens with one attached hydrogen (secondary N) is 2. The molecule has 0 saturated carbocycles. The second kappa shape index (κ2) is 10.2. The van der Waals surface area contributed by atoms with Gasteiger partial charge < -0.3 is 15.4 Å². The second-order valence-corrected chi connectivity index (χ2v) is 8.99. The fourth-order valence-electron chi connectivity index (χ4n) is 4.04. The van der Waals surface area contributed by atoms with E-state index in [0.29, 0.717) is 45.1 Å². The molecule has 36 heavy (non-hydrogen) atoms. The third-order valence-electron chi connectivity index (χ3n) is 5.77. The lowest BCUT2D eigenvalue weighted by Crippen LogP contribution is -2.31. The SMILES string of the molecule is COc1ccccc1NC(=O)C1=C(C)Nc2nc(SCc3ccccc3F)nn2C1c1ccncc1. The average molecular weight is 503 g/mol. The number of methoxy groups -OCH3 is 1. The molecule has 1 aliphatic rings. The molecular weight excluding hydrogens is 479 g/mol. The van der Waals surface area contributed by atoms with Crippen molar-refractivity contribution in [2.24, 2.45) is 0 Å². The van der Waals surface area contributed by atoms with Gasteiger partial charge in [0.05, 0.1) is 18.4 Å². The molecule has 3 heterocycles. The van der Waals surface area contributed by atoms with Crippen molar-refractivity contribution in [2.45, 2.75) is 23.9 Å². The molecule has 0 radical (unpaired) electrons. The number of thioether (sulfide) groups is 1. The van der Waals surface area contributed by atoms with Gasteiger partial charge in [-0.1, -0.05) is 42.1 Å². The summed E-state index contributed by atoms with van der Waals surface area (Å²) in [4.78, 5) is 22.3. The Labute approximate surface area is 211 Å². The van der Waals surface area contributed by atoms with Crippen molar-refractivity contribution in [2.75, 3.05) is 17.7 Å². The highest BCUT2D eigenvalue weighted by molar-refractivity contribution is 7.98. The number of ether oxygens (including phenoxy) is 1. The molecular formula is C26H23FN6O2S. The molecule has 4 aromatic rings. The maximum atomic E-state index is 14.1. The topological polar surface area (TPSA) is 94.0 Å². The average Bonchev–Trinajstić information content (AvgIpc) is 3.30. The molecule has 10 heteroatoms. The Bertz CT molecular complexity index is 1440. The van der Waals surface area contributed by atoms with Gasteiger partial charge in [-0.25, -0.2) is 9.07 Å². The molecule has 2 aromatic carbocycles. The molecule has 1 aliphatic heterocycles. The van der Waals surface area contributed by atoms with Crippen molar-refractivity contribution in [3.8, 4) is 5.75 Å². The summed E-state index contributed by atoms with van der Waals surface area (Å²) in [6.07, 6.45) is 3.35. The number of carbonyl (C=O) groups is 1. The van der Waals surface area contributed by atoms with E-state index in [1.54, 1.807) is 54.5 Å². The summed E-state index contributed by atoms with van der Waals surface area (Å²) in [7, 11) is 1.56. The van der Waals surface area contributed by atoms with Crippen molar-refractivity contribution in [3.05, 3.63) is 101 Å². The smallest absolute Gasteiger partial charge is 0.255 e. The third kappa shape index (κ3) is 4.67. The number of hydrogen-bond donors (Lipinski definition) is 2. The van der Waals surface area contributed by atoms with E-state index in [4.69, 9.17) is 4.74 Å². The van der Waals surface area contributed by atoms with Crippen molar-refractivity contribution in [1.82, 2.24) is 19.7 Å². The van der Waals surface area contributed by atoms with Gasteiger partial charge in [0.25, 0.3) is 5.91 Å². The number of para-hydroxylation sites is 2. The summed E-state index contributed by atoms with van der Waals surface area (Å²) >= 11 is 1.33. The molecule has 1 atom stereocenters. The van der Waals surface area contributed by atoms with Gasteiger partial charge in [0.15, 0.2) is 0 Å². The number of nitrogens with zero attached hydrogens (tertiary/aromatic N) is 4. The van der Waals surface area contributed by atoms with E-state index < -0.39 is 6.04 Å². The Morgan fingerprint density at radius 1 is 1.14 bits per heavy atom. The predicted molar refractivity (Wildman–Crippen MR) is 136 cm³/mol. The Morgan fingerprint density at radius 3 is 2.67 bits per heavy atom.